The van der Waals surface area contributed by atoms with Gasteiger partial charge in [-0.05, 0) is 29.0 Å². The average Bonchev–Trinajstić information content (AvgIpc) is 3.30. The lowest BCUT2D eigenvalue weighted by molar-refractivity contribution is 0.102. The summed E-state index contributed by atoms with van der Waals surface area (Å²) < 4.78 is 2.19. The Morgan fingerprint density at radius 2 is 1.81 bits per heavy atom. The third-order valence-corrected chi connectivity index (χ3v) is 5.75. The smallest absolute Gasteiger partial charge is 0.256 e. The summed E-state index contributed by atoms with van der Waals surface area (Å²) in [5, 5.41) is 6.10. The molecule has 132 valence electrons. The van der Waals surface area contributed by atoms with Crippen LogP contribution >= 0.6 is 11.8 Å². The standard InChI is InChI=1S/C22H17N3OS/c26-21(19-7-3-5-15-4-1-2-6-18(15)19)23-17-10-8-16(9-11-17)20-14-25-12-13-27-22(25)24-20/h1-11,14H,12-13H2,(H,23,26). The van der Waals surface area contributed by atoms with Crippen LogP contribution in [0.5, 0.6) is 0 Å². The van der Waals surface area contributed by atoms with Crippen molar-refractivity contribution in [3.63, 3.8) is 0 Å². The Labute approximate surface area is 161 Å². The van der Waals surface area contributed by atoms with Crippen LogP contribution in [0.1, 0.15) is 10.4 Å². The Kier molecular flexibility index (Phi) is 3.94. The van der Waals surface area contributed by atoms with Gasteiger partial charge in [-0.25, -0.2) is 4.98 Å². The Morgan fingerprint density at radius 3 is 2.67 bits per heavy atom. The number of imidazole rings is 1. The zero-order valence-electron chi connectivity index (χ0n) is 14.6. The Bertz CT molecular complexity index is 1120. The SMILES string of the molecule is O=C(Nc1ccc(-c2cn3c(n2)SCC3)cc1)c1cccc2ccccc12. The molecule has 0 fully saturated rings. The van der Waals surface area contributed by atoms with Crippen molar-refractivity contribution in [2.45, 2.75) is 11.7 Å². The molecule has 0 saturated heterocycles. The molecular weight excluding hydrogens is 354 g/mol. The first kappa shape index (κ1) is 16.1. The molecule has 4 aromatic rings. The fraction of sp³-hybridized carbons (Fsp3) is 0.0909. The van der Waals surface area contributed by atoms with E-state index in [-0.39, 0.29) is 5.91 Å². The maximum atomic E-state index is 12.7. The number of hydrogen-bond donors (Lipinski definition) is 1. The van der Waals surface area contributed by atoms with Crippen molar-refractivity contribution in [1.29, 1.82) is 0 Å². The van der Waals surface area contributed by atoms with Crippen molar-refractivity contribution >= 4 is 34.1 Å². The highest BCUT2D eigenvalue weighted by Gasteiger charge is 2.15. The van der Waals surface area contributed by atoms with Crippen LogP contribution in [-0.2, 0) is 6.54 Å². The van der Waals surface area contributed by atoms with Crippen LogP contribution in [0.3, 0.4) is 0 Å². The van der Waals surface area contributed by atoms with Gasteiger partial charge < -0.3 is 9.88 Å². The third kappa shape index (κ3) is 3.00. The monoisotopic (exact) mass is 371 g/mol. The molecule has 4 nitrogen and oxygen atoms in total. The fourth-order valence-electron chi connectivity index (χ4n) is 3.39. The van der Waals surface area contributed by atoms with E-state index in [1.807, 2.05) is 66.7 Å². The van der Waals surface area contributed by atoms with Gasteiger partial charge in [-0.2, -0.15) is 0 Å². The summed E-state index contributed by atoms with van der Waals surface area (Å²) in [4.78, 5) is 17.4. The summed E-state index contributed by atoms with van der Waals surface area (Å²) in [6.07, 6.45) is 2.10. The highest BCUT2D eigenvalue weighted by atomic mass is 32.2. The quantitative estimate of drug-likeness (QED) is 0.547. The molecule has 2 heterocycles. The van der Waals surface area contributed by atoms with Crippen LogP contribution in [0.25, 0.3) is 22.0 Å². The maximum Gasteiger partial charge on any atom is 0.256 e. The van der Waals surface area contributed by atoms with Gasteiger partial charge in [0.1, 0.15) is 0 Å². The summed E-state index contributed by atoms with van der Waals surface area (Å²) >= 11 is 1.79. The van der Waals surface area contributed by atoms with E-state index in [1.165, 1.54) is 0 Å². The zero-order chi connectivity index (χ0) is 18.2. The predicted octanol–water partition coefficient (Wildman–Crippen LogP) is 5.06. The second-order valence-electron chi connectivity index (χ2n) is 6.51. The van der Waals surface area contributed by atoms with Crippen molar-refractivity contribution in [3.8, 4) is 11.3 Å². The highest BCUT2D eigenvalue weighted by molar-refractivity contribution is 7.99. The molecule has 0 saturated carbocycles. The average molecular weight is 371 g/mol. The molecule has 27 heavy (non-hydrogen) atoms. The molecule has 1 N–H and O–H groups in total. The molecule has 5 heteroatoms. The molecule has 1 aromatic heterocycles. The van der Waals surface area contributed by atoms with Crippen molar-refractivity contribution in [2.75, 3.05) is 11.1 Å². The van der Waals surface area contributed by atoms with Crippen LogP contribution in [0.15, 0.2) is 78.1 Å². The molecule has 0 aliphatic carbocycles. The van der Waals surface area contributed by atoms with Gasteiger partial charge in [0.15, 0.2) is 5.16 Å². The lowest BCUT2D eigenvalue weighted by Gasteiger charge is -2.08. The highest BCUT2D eigenvalue weighted by Crippen LogP contribution is 2.29. The van der Waals surface area contributed by atoms with E-state index >= 15 is 0 Å². The number of nitrogens with zero attached hydrogens (tertiary/aromatic N) is 2. The number of amides is 1. The Morgan fingerprint density at radius 1 is 1.00 bits per heavy atom. The van der Waals surface area contributed by atoms with E-state index in [9.17, 15) is 4.79 Å². The molecular formula is C22H17N3OS. The van der Waals surface area contributed by atoms with Gasteiger partial charge in [0.2, 0.25) is 0 Å². The molecule has 3 aromatic carbocycles. The number of anilines is 1. The number of aromatic nitrogens is 2. The topological polar surface area (TPSA) is 46.9 Å². The minimum absolute atomic E-state index is 0.100. The van der Waals surface area contributed by atoms with Crippen LogP contribution in [0.4, 0.5) is 5.69 Å². The predicted molar refractivity (Wildman–Crippen MR) is 110 cm³/mol. The zero-order valence-corrected chi connectivity index (χ0v) is 15.4. The van der Waals surface area contributed by atoms with Gasteiger partial charge in [0.05, 0.1) is 5.69 Å². The van der Waals surface area contributed by atoms with Crippen molar-refractivity contribution in [2.24, 2.45) is 0 Å². The largest absolute Gasteiger partial charge is 0.325 e. The summed E-state index contributed by atoms with van der Waals surface area (Å²) in [7, 11) is 0. The number of hydrogen-bond acceptors (Lipinski definition) is 3. The minimum atomic E-state index is -0.100. The summed E-state index contributed by atoms with van der Waals surface area (Å²) in [5.74, 6) is 0.999. The van der Waals surface area contributed by atoms with Crippen molar-refractivity contribution < 1.29 is 4.79 Å². The fourth-order valence-corrected chi connectivity index (χ4v) is 4.34. The maximum absolute atomic E-state index is 12.7. The number of fused-ring (bicyclic) bond motifs is 2. The van der Waals surface area contributed by atoms with E-state index < -0.39 is 0 Å². The molecule has 0 spiro atoms. The Hall–Kier alpha value is -3.05. The molecule has 0 unspecified atom stereocenters. The van der Waals surface area contributed by atoms with Gasteiger partial charge in [-0.3, -0.25) is 4.79 Å². The van der Waals surface area contributed by atoms with Gasteiger partial charge in [0.25, 0.3) is 5.91 Å². The number of thioether (sulfide) groups is 1. The van der Waals surface area contributed by atoms with Gasteiger partial charge in [-0.15, -0.1) is 0 Å². The number of aryl methyl sites for hydroxylation is 1. The summed E-state index contributed by atoms with van der Waals surface area (Å²) in [6, 6.07) is 21.6. The van der Waals surface area contributed by atoms with Crippen LogP contribution in [0, 0.1) is 0 Å². The number of carbonyl (C=O) groups is 1. The Balaban J connectivity index is 1.38. The second kappa shape index (κ2) is 6.59. The van der Waals surface area contributed by atoms with Gasteiger partial charge in [0, 0.05) is 35.3 Å². The molecule has 0 atom stereocenters. The van der Waals surface area contributed by atoms with E-state index in [2.05, 4.69) is 21.1 Å². The van der Waals surface area contributed by atoms with Crippen molar-refractivity contribution in [3.05, 3.63) is 78.5 Å². The van der Waals surface area contributed by atoms with Crippen molar-refractivity contribution in [1.82, 2.24) is 9.55 Å². The first-order valence-corrected chi connectivity index (χ1v) is 9.86. The van der Waals surface area contributed by atoms with E-state index in [0.29, 0.717) is 5.56 Å². The molecule has 1 amide bonds. The van der Waals surface area contributed by atoms with E-state index in [0.717, 1.165) is 45.2 Å². The molecule has 0 radical (unpaired) electrons. The lowest BCUT2D eigenvalue weighted by atomic mass is 10.0. The number of rotatable bonds is 3. The van der Waals surface area contributed by atoms with Crippen LogP contribution in [0.2, 0.25) is 0 Å². The third-order valence-electron chi connectivity index (χ3n) is 4.78. The molecule has 0 bridgehead atoms. The van der Waals surface area contributed by atoms with Crippen LogP contribution < -0.4 is 5.32 Å². The van der Waals surface area contributed by atoms with Crippen LogP contribution in [-0.4, -0.2) is 21.2 Å². The second-order valence-corrected chi connectivity index (χ2v) is 7.57. The van der Waals surface area contributed by atoms with E-state index in [1.54, 1.807) is 11.8 Å². The number of carbonyl (C=O) groups excluding carboxylic acids is 1. The van der Waals surface area contributed by atoms with E-state index in [4.69, 9.17) is 0 Å². The first-order valence-electron chi connectivity index (χ1n) is 8.87. The van der Waals surface area contributed by atoms with Gasteiger partial charge >= 0.3 is 0 Å². The number of benzene rings is 3. The number of nitrogens with one attached hydrogen (secondary N) is 1. The normalized spacial score (nSPS) is 12.9. The first-order chi connectivity index (χ1) is 13.3. The molecule has 1 aliphatic rings. The minimum Gasteiger partial charge on any atom is -0.325 e. The summed E-state index contributed by atoms with van der Waals surface area (Å²) in [5.41, 5.74) is 3.49. The molecule has 1 aliphatic heterocycles. The summed E-state index contributed by atoms with van der Waals surface area (Å²) in [6.45, 7) is 1.02. The van der Waals surface area contributed by atoms with Gasteiger partial charge in [-0.1, -0.05) is 60.3 Å². The molecule has 5 rings (SSSR count). The lowest BCUT2D eigenvalue weighted by Crippen LogP contribution is -2.12.